The van der Waals surface area contributed by atoms with Crippen molar-refractivity contribution in [1.29, 1.82) is 0 Å². The van der Waals surface area contributed by atoms with E-state index < -0.39 is 0 Å². The summed E-state index contributed by atoms with van der Waals surface area (Å²) < 4.78 is 1.90. The lowest BCUT2D eigenvalue weighted by Gasteiger charge is -2.24. The molecular weight excluding hydrogens is 344 g/mol. The molecule has 0 bridgehead atoms. The summed E-state index contributed by atoms with van der Waals surface area (Å²) in [7, 11) is 0. The molecule has 5 nitrogen and oxygen atoms in total. The molecule has 0 saturated carbocycles. The molecule has 134 valence electrons. The SMILES string of the molecule is CCN(Cc1ccccc1)C(=O)[C@@H](C)Sc1nncn1-c1ccccc1. The summed E-state index contributed by atoms with van der Waals surface area (Å²) >= 11 is 1.43. The fourth-order valence-electron chi connectivity index (χ4n) is 2.69. The second-order valence-corrected chi connectivity index (χ2v) is 7.23. The third-order valence-corrected chi connectivity index (χ3v) is 5.13. The predicted octanol–water partition coefficient (Wildman–Crippen LogP) is 3.80. The predicted molar refractivity (Wildman–Crippen MR) is 104 cm³/mol. The van der Waals surface area contributed by atoms with Crippen molar-refractivity contribution in [3.63, 3.8) is 0 Å². The van der Waals surface area contributed by atoms with E-state index in [2.05, 4.69) is 10.2 Å². The number of amides is 1. The number of hydrogen-bond donors (Lipinski definition) is 0. The van der Waals surface area contributed by atoms with Gasteiger partial charge < -0.3 is 4.90 Å². The number of thioether (sulfide) groups is 1. The fourth-order valence-corrected chi connectivity index (χ4v) is 3.61. The Kier molecular flexibility index (Phi) is 6.07. The zero-order chi connectivity index (χ0) is 18.4. The molecule has 1 atom stereocenters. The summed E-state index contributed by atoms with van der Waals surface area (Å²) in [6.07, 6.45) is 1.68. The maximum atomic E-state index is 12.9. The zero-order valence-electron chi connectivity index (χ0n) is 14.9. The molecule has 26 heavy (non-hydrogen) atoms. The first-order valence-electron chi connectivity index (χ1n) is 8.64. The number of nitrogens with zero attached hydrogens (tertiary/aromatic N) is 4. The van der Waals surface area contributed by atoms with Gasteiger partial charge in [0.05, 0.1) is 5.25 Å². The van der Waals surface area contributed by atoms with Crippen molar-refractivity contribution >= 4 is 17.7 Å². The maximum absolute atomic E-state index is 12.9. The monoisotopic (exact) mass is 366 g/mol. The number of aromatic nitrogens is 3. The Morgan fingerprint density at radius 2 is 1.77 bits per heavy atom. The van der Waals surface area contributed by atoms with Gasteiger partial charge in [0.15, 0.2) is 5.16 Å². The Labute approximate surface area is 158 Å². The van der Waals surface area contributed by atoms with Crippen LogP contribution in [0.3, 0.4) is 0 Å². The van der Waals surface area contributed by atoms with E-state index >= 15 is 0 Å². The largest absolute Gasteiger partial charge is 0.338 e. The van der Waals surface area contributed by atoms with Crippen LogP contribution < -0.4 is 0 Å². The molecule has 2 aromatic carbocycles. The van der Waals surface area contributed by atoms with Gasteiger partial charge in [-0.1, -0.05) is 60.3 Å². The molecule has 0 aliphatic rings. The molecule has 3 aromatic rings. The van der Waals surface area contributed by atoms with E-state index in [9.17, 15) is 4.79 Å². The van der Waals surface area contributed by atoms with Crippen LogP contribution in [-0.4, -0.2) is 37.4 Å². The van der Waals surface area contributed by atoms with Gasteiger partial charge in [0.2, 0.25) is 5.91 Å². The van der Waals surface area contributed by atoms with E-state index in [0.29, 0.717) is 18.2 Å². The van der Waals surface area contributed by atoms with Crippen molar-refractivity contribution in [2.75, 3.05) is 6.54 Å². The second-order valence-electron chi connectivity index (χ2n) is 5.92. The molecule has 1 aromatic heterocycles. The highest BCUT2D eigenvalue weighted by molar-refractivity contribution is 8.00. The summed E-state index contributed by atoms with van der Waals surface area (Å²) in [5.41, 5.74) is 2.11. The summed E-state index contributed by atoms with van der Waals surface area (Å²) in [5, 5.41) is 8.67. The minimum atomic E-state index is -0.245. The quantitative estimate of drug-likeness (QED) is 0.597. The number of para-hydroxylation sites is 1. The first-order chi connectivity index (χ1) is 12.7. The first-order valence-corrected chi connectivity index (χ1v) is 9.51. The lowest BCUT2D eigenvalue weighted by atomic mass is 10.2. The fraction of sp³-hybridized carbons (Fsp3) is 0.250. The van der Waals surface area contributed by atoms with Gasteiger partial charge in [-0.3, -0.25) is 9.36 Å². The van der Waals surface area contributed by atoms with E-state index in [0.717, 1.165) is 11.3 Å². The van der Waals surface area contributed by atoms with Crippen molar-refractivity contribution < 1.29 is 4.79 Å². The van der Waals surface area contributed by atoms with E-state index in [1.54, 1.807) is 6.33 Å². The van der Waals surface area contributed by atoms with Crippen LogP contribution in [0.25, 0.3) is 5.69 Å². The summed E-state index contributed by atoms with van der Waals surface area (Å²) in [6, 6.07) is 19.9. The first kappa shape index (κ1) is 18.2. The minimum absolute atomic E-state index is 0.101. The zero-order valence-corrected chi connectivity index (χ0v) is 15.8. The van der Waals surface area contributed by atoms with Gasteiger partial charge in [-0.2, -0.15) is 0 Å². The molecule has 0 fully saturated rings. The number of benzene rings is 2. The number of carbonyl (C=O) groups is 1. The van der Waals surface area contributed by atoms with Crippen molar-refractivity contribution in [1.82, 2.24) is 19.7 Å². The molecule has 0 N–H and O–H groups in total. The van der Waals surface area contributed by atoms with Crippen LogP contribution in [0.1, 0.15) is 19.4 Å². The Morgan fingerprint density at radius 1 is 1.12 bits per heavy atom. The Bertz CT molecular complexity index is 835. The van der Waals surface area contributed by atoms with E-state index in [1.807, 2.05) is 84.0 Å². The standard InChI is InChI=1S/C20H22N4OS/c1-3-23(14-17-10-6-4-7-11-17)19(25)16(2)26-20-22-21-15-24(20)18-12-8-5-9-13-18/h4-13,15-16H,3,14H2,1-2H3/t16-/m1/s1. The smallest absolute Gasteiger partial charge is 0.236 e. The Balaban J connectivity index is 1.70. The van der Waals surface area contributed by atoms with Crippen LogP contribution in [0.15, 0.2) is 72.1 Å². The average Bonchev–Trinajstić information content (AvgIpc) is 3.15. The lowest BCUT2D eigenvalue weighted by Crippen LogP contribution is -2.36. The van der Waals surface area contributed by atoms with E-state index in [-0.39, 0.29) is 11.2 Å². The second kappa shape index (κ2) is 8.67. The van der Waals surface area contributed by atoms with Gasteiger partial charge in [-0.15, -0.1) is 10.2 Å². The van der Waals surface area contributed by atoms with Crippen molar-refractivity contribution in [2.45, 2.75) is 30.8 Å². The molecule has 0 radical (unpaired) electrons. The Morgan fingerprint density at radius 3 is 2.42 bits per heavy atom. The lowest BCUT2D eigenvalue weighted by molar-refractivity contribution is -0.130. The van der Waals surface area contributed by atoms with Crippen molar-refractivity contribution in [2.24, 2.45) is 0 Å². The van der Waals surface area contributed by atoms with E-state index in [1.165, 1.54) is 11.8 Å². The summed E-state index contributed by atoms with van der Waals surface area (Å²) in [6.45, 7) is 5.21. The molecule has 0 saturated heterocycles. The average molecular weight is 366 g/mol. The van der Waals surface area contributed by atoms with Crippen LogP contribution >= 0.6 is 11.8 Å². The highest BCUT2D eigenvalue weighted by Crippen LogP contribution is 2.25. The molecular formula is C20H22N4OS. The van der Waals surface area contributed by atoms with Gasteiger partial charge in [-0.05, 0) is 31.5 Å². The topological polar surface area (TPSA) is 51.0 Å². The van der Waals surface area contributed by atoms with Crippen LogP contribution in [-0.2, 0) is 11.3 Å². The molecule has 1 heterocycles. The number of carbonyl (C=O) groups excluding carboxylic acids is 1. The van der Waals surface area contributed by atoms with Crippen LogP contribution in [0.2, 0.25) is 0 Å². The highest BCUT2D eigenvalue weighted by Gasteiger charge is 2.23. The van der Waals surface area contributed by atoms with Crippen LogP contribution in [0.4, 0.5) is 0 Å². The Hall–Kier alpha value is -2.60. The molecule has 0 unspecified atom stereocenters. The third-order valence-electron chi connectivity index (χ3n) is 4.09. The molecule has 3 rings (SSSR count). The maximum Gasteiger partial charge on any atom is 0.236 e. The van der Waals surface area contributed by atoms with Gasteiger partial charge in [0, 0.05) is 18.8 Å². The van der Waals surface area contributed by atoms with Crippen molar-refractivity contribution in [3.05, 3.63) is 72.6 Å². The molecule has 0 aliphatic heterocycles. The normalized spacial score (nSPS) is 11.9. The highest BCUT2D eigenvalue weighted by atomic mass is 32.2. The van der Waals surface area contributed by atoms with Gasteiger partial charge in [-0.25, -0.2) is 0 Å². The van der Waals surface area contributed by atoms with Gasteiger partial charge in [0.25, 0.3) is 0 Å². The molecule has 6 heteroatoms. The summed E-state index contributed by atoms with van der Waals surface area (Å²) in [4.78, 5) is 14.8. The molecule has 1 amide bonds. The van der Waals surface area contributed by atoms with Gasteiger partial charge in [0.1, 0.15) is 6.33 Å². The summed E-state index contributed by atoms with van der Waals surface area (Å²) in [5.74, 6) is 0.101. The van der Waals surface area contributed by atoms with Crippen molar-refractivity contribution in [3.8, 4) is 5.69 Å². The van der Waals surface area contributed by atoms with E-state index in [4.69, 9.17) is 0 Å². The van der Waals surface area contributed by atoms with Crippen LogP contribution in [0, 0.1) is 0 Å². The molecule has 0 aliphatic carbocycles. The van der Waals surface area contributed by atoms with Gasteiger partial charge >= 0.3 is 0 Å². The third kappa shape index (κ3) is 4.32. The molecule has 0 spiro atoms. The minimum Gasteiger partial charge on any atom is -0.338 e. The number of rotatable bonds is 7. The van der Waals surface area contributed by atoms with Crippen LogP contribution in [0.5, 0.6) is 0 Å². The number of hydrogen-bond acceptors (Lipinski definition) is 4.